The van der Waals surface area contributed by atoms with E-state index < -0.39 is 10.7 Å². The van der Waals surface area contributed by atoms with Gasteiger partial charge in [0.05, 0.1) is 16.5 Å². The molecule has 27 heavy (non-hydrogen) atoms. The Morgan fingerprint density at radius 2 is 2.15 bits per heavy atom. The zero-order valence-electron chi connectivity index (χ0n) is 14.9. The molecule has 0 spiro atoms. The zero-order chi connectivity index (χ0) is 19.1. The molecule has 9 nitrogen and oxygen atoms in total. The van der Waals surface area contributed by atoms with Gasteiger partial charge in [-0.3, -0.25) is 19.5 Å². The van der Waals surface area contributed by atoms with E-state index >= 15 is 0 Å². The van der Waals surface area contributed by atoms with Gasteiger partial charge < -0.3 is 15.1 Å². The fourth-order valence-corrected chi connectivity index (χ4v) is 4.44. The number of non-ortho nitro benzene ring substituents is 1. The van der Waals surface area contributed by atoms with E-state index in [4.69, 9.17) is 10.2 Å². The van der Waals surface area contributed by atoms with Gasteiger partial charge >= 0.3 is 5.76 Å². The SMILES string of the molecule is NC1CCC2CN(C(=O)CCCn3c(=O)oc4cc([N+](=O)[O-])ccc43)CC12. The minimum absolute atomic E-state index is 0.0908. The van der Waals surface area contributed by atoms with Gasteiger partial charge in [0.25, 0.3) is 5.69 Å². The highest BCUT2D eigenvalue weighted by molar-refractivity contribution is 5.77. The Morgan fingerprint density at radius 3 is 2.89 bits per heavy atom. The molecule has 2 aliphatic rings. The van der Waals surface area contributed by atoms with E-state index in [9.17, 15) is 19.7 Å². The number of rotatable bonds is 5. The van der Waals surface area contributed by atoms with Crippen molar-refractivity contribution >= 4 is 22.7 Å². The van der Waals surface area contributed by atoms with Gasteiger partial charge in [-0.15, -0.1) is 0 Å². The summed E-state index contributed by atoms with van der Waals surface area (Å²) in [5.74, 6) is 0.470. The van der Waals surface area contributed by atoms with Crippen molar-refractivity contribution in [3.8, 4) is 0 Å². The highest BCUT2D eigenvalue weighted by Gasteiger charge is 2.42. The molecule has 3 unspecified atom stereocenters. The number of hydrogen-bond acceptors (Lipinski definition) is 6. The molecule has 0 radical (unpaired) electrons. The molecule has 1 aliphatic heterocycles. The molecule has 0 bridgehead atoms. The first kappa shape index (κ1) is 17.7. The summed E-state index contributed by atoms with van der Waals surface area (Å²) in [5, 5.41) is 10.8. The Kier molecular flexibility index (Phi) is 4.47. The van der Waals surface area contributed by atoms with Crippen LogP contribution in [0, 0.1) is 22.0 Å². The normalized spacial score (nSPS) is 24.5. The summed E-state index contributed by atoms with van der Waals surface area (Å²) in [5.41, 5.74) is 6.67. The van der Waals surface area contributed by atoms with Crippen molar-refractivity contribution in [3.63, 3.8) is 0 Å². The topological polar surface area (TPSA) is 125 Å². The van der Waals surface area contributed by atoms with Crippen LogP contribution in [0.4, 0.5) is 5.69 Å². The zero-order valence-corrected chi connectivity index (χ0v) is 14.9. The molecular weight excluding hydrogens is 352 g/mol. The number of likely N-dealkylation sites (tertiary alicyclic amines) is 1. The van der Waals surface area contributed by atoms with Crippen LogP contribution in [0.25, 0.3) is 11.1 Å². The average molecular weight is 374 g/mol. The van der Waals surface area contributed by atoms with Crippen LogP contribution in [0.2, 0.25) is 0 Å². The molecule has 1 aromatic heterocycles. The molecule has 1 saturated heterocycles. The molecule has 9 heteroatoms. The third kappa shape index (κ3) is 3.23. The Labute approximate surface area is 154 Å². The lowest BCUT2D eigenvalue weighted by atomic mass is 9.98. The molecule has 1 amide bonds. The molecule has 2 heterocycles. The molecule has 2 N–H and O–H groups in total. The third-order valence-corrected chi connectivity index (χ3v) is 5.90. The van der Waals surface area contributed by atoms with Crippen molar-refractivity contribution in [2.75, 3.05) is 13.1 Å². The number of nitrogens with zero attached hydrogens (tertiary/aromatic N) is 3. The predicted molar refractivity (Wildman–Crippen MR) is 97.1 cm³/mol. The number of amides is 1. The number of hydrogen-bond donors (Lipinski definition) is 1. The fourth-order valence-electron chi connectivity index (χ4n) is 4.44. The number of aryl methyl sites for hydroxylation is 1. The minimum atomic E-state index is -0.570. The first-order chi connectivity index (χ1) is 12.9. The summed E-state index contributed by atoms with van der Waals surface area (Å²) in [6.07, 6.45) is 2.99. The number of aromatic nitrogens is 1. The summed E-state index contributed by atoms with van der Waals surface area (Å²) in [6.45, 7) is 1.86. The quantitative estimate of drug-likeness (QED) is 0.624. The second kappa shape index (κ2) is 6.80. The Balaban J connectivity index is 1.38. The molecule has 2 fully saturated rings. The van der Waals surface area contributed by atoms with Gasteiger partial charge in [0, 0.05) is 38.2 Å². The lowest BCUT2D eigenvalue weighted by Crippen LogP contribution is -2.33. The standard InChI is InChI=1S/C18H22N4O5/c19-14-5-3-11-9-20(10-13(11)14)17(23)2-1-7-21-15-6-4-12(22(25)26)8-16(15)27-18(21)24/h4,6,8,11,13-14H,1-3,5,7,9-10,19H2. The second-order valence-electron chi connectivity index (χ2n) is 7.50. The number of fused-ring (bicyclic) bond motifs is 2. The number of carbonyl (C=O) groups is 1. The Morgan fingerprint density at radius 1 is 1.33 bits per heavy atom. The molecule has 2 aromatic rings. The number of nitro benzene ring substituents is 1. The van der Waals surface area contributed by atoms with Gasteiger partial charge in [0.15, 0.2) is 5.58 Å². The largest absolute Gasteiger partial charge is 0.419 e. The molecule has 3 atom stereocenters. The summed E-state index contributed by atoms with van der Waals surface area (Å²) in [4.78, 5) is 36.7. The predicted octanol–water partition coefficient (Wildman–Crippen LogP) is 1.48. The first-order valence-corrected chi connectivity index (χ1v) is 9.25. The maximum atomic E-state index is 12.5. The van der Waals surface area contributed by atoms with Gasteiger partial charge in [-0.2, -0.15) is 0 Å². The lowest BCUT2D eigenvalue weighted by Gasteiger charge is -2.18. The number of oxazole rings is 1. The van der Waals surface area contributed by atoms with Crippen molar-refractivity contribution in [1.82, 2.24) is 9.47 Å². The molecular formula is C18H22N4O5. The van der Waals surface area contributed by atoms with E-state index in [2.05, 4.69) is 0 Å². The number of nitrogens with two attached hydrogens (primary N) is 1. The summed E-state index contributed by atoms with van der Waals surface area (Å²) >= 11 is 0. The maximum absolute atomic E-state index is 12.5. The van der Waals surface area contributed by atoms with Crippen molar-refractivity contribution in [2.24, 2.45) is 17.6 Å². The van der Waals surface area contributed by atoms with Gasteiger partial charge in [-0.05, 0) is 37.2 Å². The van der Waals surface area contributed by atoms with Gasteiger partial charge in [-0.1, -0.05) is 0 Å². The average Bonchev–Trinajstić information content (AvgIpc) is 3.29. The van der Waals surface area contributed by atoms with Crippen LogP contribution in [0.5, 0.6) is 0 Å². The maximum Gasteiger partial charge on any atom is 0.419 e. The monoisotopic (exact) mass is 374 g/mol. The van der Waals surface area contributed by atoms with E-state index in [0.717, 1.165) is 25.9 Å². The van der Waals surface area contributed by atoms with Crippen LogP contribution in [0.3, 0.4) is 0 Å². The third-order valence-electron chi connectivity index (χ3n) is 5.90. The van der Waals surface area contributed by atoms with Crippen molar-refractivity contribution in [3.05, 3.63) is 38.9 Å². The summed E-state index contributed by atoms with van der Waals surface area (Å²) in [7, 11) is 0. The molecule has 4 rings (SSSR count). The van der Waals surface area contributed by atoms with Gasteiger partial charge in [0.1, 0.15) is 0 Å². The van der Waals surface area contributed by atoms with Crippen LogP contribution in [0.15, 0.2) is 27.4 Å². The van der Waals surface area contributed by atoms with Crippen LogP contribution in [0.1, 0.15) is 25.7 Å². The highest BCUT2D eigenvalue weighted by Crippen LogP contribution is 2.37. The number of nitro groups is 1. The van der Waals surface area contributed by atoms with Crippen LogP contribution in [-0.4, -0.2) is 39.4 Å². The number of carbonyl (C=O) groups excluding carboxylic acids is 1. The van der Waals surface area contributed by atoms with Crippen LogP contribution < -0.4 is 11.5 Å². The van der Waals surface area contributed by atoms with Gasteiger partial charge in [0.2, 0.25) is 5.91 Å². The summed E-state index contributed by atoms with van der Waals surface area (Å²) in [6, 6.07) is 4.28. The molecule has 1 aromatic carbocycles. The Bertz CT molecular complexity index is 949. The van der Waals surface area contributed by atoms with E-state index in [1.54, 1.807) is 0 Å². The summed E-state index contributed by atoms with van der Waals surface area (Å²) < 4.78 is 6.52. The van der Waals surface area contributed by atoms with E-state index in [-0.39, 0.29) is 23.2 Å². The van der Waals surface area contributed by atoms with E-state index in [1.807, 2.05) is 4.90 Å². The lowest BCUT2D eigenvalue weighted by molar-refractivity contribution is -0.384. The van der Waals surface area contributed by atoms with E-state index in [1.165, 1.54) is 22.8 Å². The second-order valence-corrected chi connectivity index (χ2v) is 7.50. The Hall–Kier alpha value is -2.68. The van der Waals surface area contributed by atoms with Gasteiger partial charge in [-0.25, -0.2) is 4.79 Å². The van der Waals surface area contributed by atoms with Crippen molar-refractivity contribution in [1.29, 1.82) is 0 Å². The molecule has 144 valence electrons. The highest BCUT2D eigenvalue weighted by atomic mass is 16.6. The smallest absolute Gasteiger partial charge is 0.407 e. The number of benzene rings is 1. The van der Waals surface area contributed by atoms with Crippen molar-refractivity contribution in [2.45, 2.75) is 38.3 Å². The first-order valence-electron chi connectivity index (χ1n) is 9.25. The molecule has 1 saturated carbocycles. The van der Waals surface area contributed by atoms with Crippen LogP contribution in [-0.2, 0) is 11.3 Å². The van der Waals surface area contributed by atoms with E-state index in [0.29, 0.717) is 36.7 Å². The minimum Gasteiger partial charge on any atom is -0.407 e. The fraction of sp³-hybridized carbons (Fsp3) is 0.556. The van der Waals surface area contributed by atoms with Crippen LogP contribution >= 0.6 is 0 Å². The van der Waals surface area contributed by atoms with Crippen molar-refractivity contribution < 1.29 is 14.1 Å². The molecule has 1 aliphatic carbocycles.